The summed E-state index contributed by atoms with van der Waals surface area (Å²) in [6, 6.07) is 0. The SMILES string of the molecule is CC(C)SC1(C(C)(C)C2=[C-]CC=C2)CC=CC=C1C(C)(C)C.[Cl-].[Cl-].[Ti+3]. The molecular formula is C21H31Cl2STi. The summed E-state index contributed by atoms with van der Waals surface area (Å²) in [4.78, 5) is 0. The number of allylic oxidation sites excluding steroid dienone is 7. The molecule has 0 nitrogen and oxygen atoms in total. The van der Waals surface area contributed by atoms with Crippen LogP contribution in [0.2, 0.25) is 0 Å². The van der Waals surface area contributed by atoms with Crippen LogP contribution in [0.5, 0.6) is 0 Å². The average molecular weight is 434 g/mol. The number of hydrogen-bond acceptors (Lipinski definition) is 1. The Morgan fingerprint density at radius 3 is 2.12 bits per heavy atom. The van der Waals surface area contributed by atoms with Crippen LogP contribution in [0.25, 0.3) is 0 Å². The van der Waals surface area contributed by atoms with Gasteiger partial charge < -0.3 is 24.8 Å². The van der Waals surface area contributed by atoms with E-state index < -0.39 is 0 Å². The van der Waals surface area contributed by atoms with Gasteiger partial charge in [-0.2, -0.15) is 6.08 Å². The second kappa shape index (κ2) is 10.2. The van der Waals surface area contributed by atoms with Gasteiger partial charge in [0.25, 0.3) is 0 Å². The zero-order chi connectivity index (χ0) is 16.6. The monoisotopic (exact) mass is 433 g/mol. The van der Waals surface area contributed by atoms with Gasteiger partial charge in [0, 0.05) is 4.75 Å². The zero-order valence-corrected chi connectivity index (χ0v) is 20.4. The molecule has 0 heterocycles. The Bertz CT molecular complexity index is 551. The van der Waals surface area contributed by atoms with Gasteiger partial charge in [0.15, 0.2) is 0 Å². The van der Waals surface area contributed by atoms with E-state index in [1.165, 1.54) is 5.57 Å². The molecule has 4 heteroatoms. The molecule has 25 heavy (non-hydrogen) atoms. The Labute approximate surface area is 187 Å². The van der Waals surface area contributed by atoms with E-state index in [1.807, 2.05) is 0 Å². The molecule has 139 valence electrons. The van der Waals surface area contributed by atoms with E-state index >= 15 is 0 Å². The minimum atomic E-state index is 0. The minimum absolute atomic E-state index is 0. The molecule has 0 saturated heterocycles. The smallest absolute Gasteiger partial charge is 1.00 e. The molecule has 1 unspecified atom stereocenters. The summed E-state index contributed by atoms with van der Waals surface area (Å²) in [6.07, 6.45) is 17.2. The van der Waals surface area contributed by atoms with Crippen LogP contribution < -0.4 is 24.8 Å². The summed E-state index contributed by atoms with van der Waals surface area (Å²) < 4.78 is 0.102. The van der Waals surface area contributed by atoms with Crippen LogP contribution in [0.4, 0.5) is 0 Å². The van der Waals surface area contributed by atoms with Gasteiger partial charge >= 0.3 is 21.7 Å². The van der Waals surface area contributed by atoms with E-state index in [0.717, 1.165) is 12.8 Å². The number of thioether (sulfide) groups is 1. The first kappa shape index (κ1) is 27.8. The summed E-state index contributed by atoms with van der Waals surface area (Å²) in [7, 11) is 0. The second-order valence-electron chi connectivity index (χ2n) is 8.28. The van der Waals surface area contributed by atoms with Crippen molar-refractivity contribution in [2.45, 2.75) is 71.3 Å². The number of hydrogen-bond donors (Lipinski definition) is 0. The topological polar surface area (TPSA) is 0 Å². The average Bonchev–Trinajstić information content (AvgIpc) is 2.91. The van der Waals surface area contributed by atoms with Crippen LogP contribution in [0.1, 0.15) is 61.3 Å². The molecule has 0 aromatic carbocycles. The van der Waals surface area contributed by atoms with Crippen molar-refractivity contribution in [3.63, 3.8) is 0 Å². The van der Waals surface area contributed by atoms with Gasteiger partial charge in [0.2, 0.25) is 0 Å². The van der Waals surface area contributed by atoms with Crippen molar-refractivity contribution < 1.29 is 46.5 Å². The predicted octanol–water partition coefficient (Wildman–Crippen LogP) is 0.520. The fourth-order valence-corrected chi connectivity index (χ4v) is 5.71. The Morgan fingerprint density at radius 1 is 1.08 bits per heavy atom. The molecule has 0 fully saturated rings. The summed E-state index contributed by atoms with van der Waals surface area (Å²) in [5, 5.41) is 0.600. The fraction of sp³-hybridized carbons (Fsp3) is 0.619. The van der Waals surface area contributed by atoms with E-state index in [1.54, 1.807) is 5.57 Å². The molecular weight excluding hydrogens is 403 g/mol. The Balaban J connectivity index is 0. The molecule has 2 rings (SSSR count). The van der Waals surface area contributed by atoms with E-state index in [9.17, 15) is 0 Å². The van der Waals surface area contributed by atoms with Crippen LogP contribution >= 0.6 is 11.8 Å². The molecule has 1 atom stereocenters. The maximum Gasteiger partial charge on any atom is 3.00 e. The first-order chi connectivity index (χ1) is 10.1. The van der Waals surface area contributed by atoms with Gasteiger partial charge in [-0.05, 0) is 28.1 Å². The van der Waals surface area contributed by atoms with Crippen molar-refractivity contribution in [3.8, 4) is 0 Å². The number of halogens is 2. The van der Waals surface area contributed by atoms with Crippen LogP contribution in [0.3, 0.4) is 0 Å². The molecule has 0 aromatic heterocycles. The minimum Gasteiger partial charge on any atom is -1.00 e. The quantitative estimate of drug-likeness (QED) is 0.460. The van der Waals surface area contributed by atoms with E-state index in [-0.39, 0.29) is 62.1 Å². The first-order valence-corrected chi connectivity index (χ1v) is 9.33. The van der Waals surface area contributed by atoms with Crippen LogP contribution in [0.15, 0.2) is 41.5 Å². The number of rotatable bonds is 4. The van der Waals surface area contributed by atoms with Gasteiger partial charge in [-0.3, -0.25) is 6.08 Å². The van der Waals surface area contributed by atoms with Crippen molar-refractivity contribution in [1.82, 2.24) is 0 Å². The van der Waals surface area contributed by atoms with Gasteiger partial charge in [0.05, 0.1) is 0 Å². The summed E-state index contributed by atoms with van der Waals surface area (Å²) >= 11 is 2.14. The van der Waals surface area contributed by atoms with Gasteiger partial charge in [-0.1, -0.05) is 66.7 Å². The van der Waals surface area contributed by atoms with E-state index in [2.05, 4.69) is 96.7 Å². The third-order valence-electron chi connectivity index (χ3n) is 4.86. The van der Waals surface area contributed by atoms with Crippen molar-refractivity contribution in [2.75, 3.05) is 0 Å². The van der Waals surface area contributed by atoms with Gasteiger partial charge in [-0.15, -0.1) is 18.2 Å². The summed E-state index contributed by atoms with van der Waals surface area (Å²) in [6.45, 7) is 16.5. The van der Waals surface area contributed by atoms with Crippen LogP contribution in [0, 0.1) is 16.9 Å². The molecule has 0 N–H and O–H groups in total. The Hall–Kier alpha value is 0.604. The predicted molar refractivity (Wildman–Crippen MR) is 101 cm³/mol. The van der Waals surface area contributed by atoms with Crippen molar-refractivity contribution in [3.05, 3.63) is 47.6 Å². The fourth-order valence-electron chi connectivity index (χ4n) is 3.80. The molecule has 2 aliphatic carbocycles. The molecule has 0 aromatic rings. The van der Waals surface area contributed by atoms with Gasteiger partial charge in [-0.25, -0.2) is 11.6 Å². The van der Waals surface area contributed by atoms with Gasteiger partial charge in [0.1, 0.15) is 0 Å². The summed E-state index contributed by atoms with van der Waals surface area (Å²) in [5.74, 6) is 0. The molecule has 0 amide bonds. The maximum absolute atomic E-state index is 3.61. The zero-order valence-electron chi connectivity index (χ0n) is 16.5. The van der Waals surface area contributed by atoms with Crippen LogP contribution in [-0.2, 0) is 21.7 Å². The maximum atomic E-state index is 3.61. The Morgan fingerprint density at radius 2 is 1.68 bits per heavy atom. The molecule has 2 aliphatic rings. The largest absolute Gasteiger partial charge is 3.00 e. The van der Waals surface area contributed by atoms with Crippen molar-refractivity contribution in [2.24, 2.45) is 10.8 Å². The molecule has 0 spiro atoms. The molecule has 1 radical (unpaired) electrons. The van der Waals surface area contributed by atoms with Crippen LogP contribution in [-0.4, -0.2) is 10.00 Å². The van der Waals surface area contributed by atoms with Crippen molar-refractivity contribution >= 4 is 11.8 Å². The molecule has 0 aliphatic heterocycles. The third-order valence-corrected chi connectivity index (χ3v) is 6.63. The molecule has 0 bridgehead atoms. The standard InChI is InChI=1S/C21H31S.2ClH.Ti/c1-16(2)22-21(20(6,7)17-12-8-9-13-17)15-11-10-14-18(21)19(3,4)5;;;/h8,10-12,14,16H,9,15H2,1-7H3;2*1H;/q-1;;;+3/p-2. The molecule has 0 saturated carbocycles. The third kappa shape index (κ3) is 5.55. The van der Waals surface area contributed by atoms with E-state index in [0.29, 0.717) is 5.25 Å². The Kier molecular flexibility index (Phi) is 11.4. The first-order valence-electron chi connectivity index (χ1n) is 8.45. The van der Waals surface area contributed by atoms with E-state index in [4.69, 9.17) is 0 Å². The normalized spacial score (nSPS) is 22.6. The second-order valence-corrected chi connectivity index (χ2v) is 10.2. The van der Waals surface area contributed by atoms with Crippen molar-refractivity contribution in [1.29, 1.82) is 0 Å². The summed E-state index contributed by atoms with van der Waals surface area (Å²) in [5.41, 5.74) is 3.19.